The molecule has 2 heterocycles. The molecule has 1 aliphatic heterocycles. The molecule has 1 aromatic heterocycles. The van der Waals surface area contributed by atoms with Crippen LogP contribution < -0.4 is 0 Å². The minimum Gasteiger partial charge on any atom is -0.376 e. The molecule has 0 N–H and O–H groups in total. The van der Waals surface area contributed by atoms with Gasteiger partial charge >= 0.3 is 0 Å². The van der Waals surface area contributed by atoms with E-state index in [9.17, 15) is 9.59 Å². The van der Waals surface area contributed by atoms with Gasteiger partial charge in [-0.2, -0.15) is 0 Å². The molecule has 1 fully saturated rings. The van der Waals surface area contributed by atoms with E-state index in [4.69, 9.17) is 16.3 Å². The number of ether oxygens (including phenoxy) is 1. The first-order chi connectivity index (χ1) is 16.5. The van der Waals surface area contributed by atoms with Crippen molar-refractivity contribution in [1.29, 1.82) is 0 Å². The number of halogens is 1. The van der Waals surface area contributed by atoms with Gasteiger partial charge in [0.05, 0.1) is 12.6 Å². The van der Waals surface area contributed by atoms with E-state index >= 15 is 0 Å². The second-order valence-corrected chi connectivity index (χ2v) is 10.0. The number of hydrogen-bond donors (Lipinski definition) is 0. The van der Waals surface area contributed by atoms with Gasteiger partial charge in [-0.3, -0.25) is 9.59 Å². The summed E-state index contributed by atoms with van der Waals surface area (Å²) in [7, 11) is 0. The molecule has 1 aliphatic rings. The Balaban J connectivity index is 1.55. The third kappa shape index (κ3) is 6.47. The van der Waals surface area contributed by atoms with Gasteiger partial charge < -0.3 is 14.5 Å². The third-order valence-electron chi connectivity index (χ3n) is 6.02. The maximum absolute atomic E-state index is 13.6. The maximum Gasteiger partial charge on any atom is 0.254 e. The quantitative estimate of drug-likeness (QED) is 0.389. The Bertz CT molecular complexity index is 1090. The summed E-state index contributed by atoms with van der Waals surface area (Å²) < 4.78 is 5.79. The van der Waals surface area contributed by atoms with Crippen molar-refractivity contribution in [3.8, 4) is 0 Å². The highest BCUT2D eigenvalue weighted by Gasteiger charge is 2.27. The highest BCUT2D eigenvalue weighted by molar-refractivity contribution is 7.10. The predicted molar refractivity (Wildman–Crippen MR) is 136 cm³/mol. The van der Waals surface area contributed by atoms with Gasteiger partial charge in [0.1, 0.15) is 6.54 Å². The lowest BCUT2D eigenvalue weighted by molar-refractivity contribution is -0.133. The van der Waals surface area contributed by atoms with Gasteiger partial charge in [-0.15, -0.1) is 11.3 Å². The molecule has 1 unspecified atom stereocenters. The highest BCUT2D eigenvalue weighted by atomic mass is 35.5. The first-order valence-corrected chi connectivity index (χ1v) is 12.8. The second-order valence-electron chi connectivity index (χ2n) is 8.59. The molecule has 0 saturated carbocycles. The zero-order valence-electron chi connectivity index (χ0n) is 19.3. The van der Waals surface area contributed by atoms with Crippen LogP contribution >= 0.6 is 22.9 Å². The molecule has 1 atom stereocenters. The molecule has 0 aliphatic carbocycles. The molecule has 0 radical (unpaired) electrons. The predicted octanol–water partition coefficient (Wildman–Crippen LogP) is 5.56. The van der Waals surface area contributed by atoms with Crippen LogP contribution in [0.5, 0.6) is 0 Å². The molecule has 0 bridgehead atoms. The first kappa shape index (κ1) is 24.5. The average molecular weight is 497 g/mol. The summed E-state index contributed by atoms with van der Waals surface area (Å²) >= 11 is 7.66. The van der Waals surface area contributed by atoms with E-state index < -0.39 is 0 Å². The molecule has 178 valence electrons. The molecule has 2 aromatic carbocycles. The molecular weight excluding hydrogens is 468 g/mol. The van der Waals surface area contributed by atoms with Crippen LogP contribution in [0.4, 0.5) is 0 Å². The molecule has 0 spiro atoms. The van der Waals surface area contributed by atoms with E-state index in [2.05, 4.69) is 13.0 Å². The van der Waals surface area contributed by atoms with Crippen LogP contribution in [0.15, 0.2) is 66.0 Å². The molecule has 3 aromatic rings. The lowest BCUT2D eigenvalue weighted by Gasteiger charge is -2.29. The summed E-state index contributed by atoms with van der Waals surface area (Å²) in [4.78, 5) is 31.6. The highest BCUT2D eigenvalue weighted by Crippen LogP contribution is 2.21. The Morgan fingerprint density at radius 3 is 2.44 bits per heavy atom. The smallest absolute Gasteiger partial charge is 0.254 e. The zero-order chi connectivity index (χ0) is 23.9. The SMILES string of the molecule is Cc1ccsc1CN(Cc1ccccc1)C(=O)CN(CC1CCCO1)C(=O)c1ccc(Cl)cc1. The summed E-state index contributed by atoms with van der Waals surface area (Å²) in [6, 6.07) is 18.8. The topological polar surface area (TPSA) is 49.9 Å². The summed E-state index contributed by atoms with van der Waals surface area (Å²) in [6.07, 6.45) is 1.81. The summed E-state index contributed by atoms with van der Waals surface area (Å²) in [5.74, 6) is -0.274. The van der Waals surface area contributed by atoms with Crippen molar-refractivity contribution in [3.05, 3.63) is 92.6 Å². The number of amides is 2. The fourth-order valence-electron chi connectivity index (χ4n) is 4.07. The normalized spacial score (nSPS) is 15.3. The number of benzene rings is 2. The summed E-state index contributed by atoms with van der Waals surface area (Å²) in [5, 5.41) is 2.61. The number of nitrogens with zero attached hydrogens (tertiary/aromatic N) is 2. The molecule has 4 rings (SSSR count). The van der Waals surface area contributed by atoms with E-state index in [1.54, 1.807) is 40.5 Å². The van der Waals surface area contributed by atoms with Crippen LogP contribution in [-0.4, -0.2) is 47.4 Å². The van der Waals surface area contributed by atoms with Crippen molar-refractivity contribution in [3.63, 3.8) is 0 Å². The van der Waals surface area contributed by atoms with E-state index in [0.717, 1.165) is 23.3 Å². The Morgan fingerprint density at radius 2 is 1.79 bits per heavy atom. The van der Waals surface area contributed by atoms with Crippen LogP contribution in [0, 0.1) is 6.92 Å². The van der Waals surface area contributed by atoms with Crippen molar-refractivity contribution in [2.75, 3.05) is 19.7 Å². The number of rotatable bonds is 9. The van der Waals surface area contributed by atoms with Gasteiger partial charge in [0.2, 0.25) is 5.91 Å². The number of hydrogen-bond acceptors (Lipinski definition) is 4. The van der Waals surface area contributed by atoms with Crippen molar-refractivity contribution in [2.24, 2.45) is 0 Å². The fourth-order valence-corrected chi connectivity index (χ4v) is 5.11. The van der Waals surface area contributed by atoms with E-state index in [1.165, 1.54) is 5.56 Å². The van der Waals surface area contributed by atoms with Crippen LogP contribution in [0.3, 0.4) is 0 Å². The van der Waals surface area contributed by atoms with Crippen LogP contribution in [0.2, 0.25) is 5.02 Å². The van der Waals surface area contributed by atoms with Crippen LogP contribution in [0.1, 0.15) is 39.2 Å². The average Bonchev–Trinajstić information content (AvgIpc) is 3.50. The Hall–Kier alpha value is -2.67. The summed E-state index contributed by atoms with van der Waals surface area (Å²) in [6.45, 7) is 4.15. The van der Waals surface area contributed by atoms with Crippen molar-refractivity contribution in [2.45, 2.75) is 39.0 Å². The molecule has 34 heavy (non-hydrogen) atoms. The largest absolute Gasteiger partial charge is 0.376 e. The molecule has 5 nitrogen and oxygen atoms in total. The maximum atomic E-state index is 13.6. The molecule has 1 saturated heterocycles. The van der Waals surface area contributed by atoms with Gasteiger partial charge in [0, 0.05) is 35.2 Å². The monoisotopic (exact) mass is 496 g/mol. The van der Waals surface area contributed by atoms with Gasteiger partial charge in [0.25, 0.3) is 5.91 Å². The fraction of sp³-hybridized carbons (Fsp3) is 0.333. The van der Waals surface area contributed by atoms with Gasteiger partial charge in [-0.1, -0.05) is 41.9 Å². The molecule has 7 heteroatoms. The zero-order valence-corrected chi connectivity index (χ0v) is 20.9. The number of carbonyl (C=O) groups excluding carboxylic acids is 2. The Labute approximate surface area is 209 Å². The van der Waals surface area contributed by atoms with Gasteiger partial charge in [-0.05, 0) is 66.6 Å². The standard InChI is InChI=1S/C27H29ClN2O3S/c1-20-13-15-34-25(20)18-29(16-21-6-3-2-4-7-21)26(31)19-30(17-24-8-5-14-33-24)27(32)22-9-11-23(28)12-10-22/h2-4,6-7,9-13,15,24H,5,8,14,16-19H2,1H3. The first-order valence-electron chi connectivity index (χ1n) is 11.5. The molecular formula is C27H29ClN2O3S. The van der Waals surface area contributed by atoms with Gasteiger partial charge in [-0.25, -0.2) is 0 Å². The van der Waals surface area contributed by atoms with Gasteiger partial charge in [0.15, 0.2) is 0 Å². The lowest BCUT2D eigenvalue weighted by Crippen LogP contribution is -2.45. The second kappa shape index (κ2) is 11.6. The van der Waals surface area contributed by atoms with Crippen molar-refractivity contribution < 1.29 is 14.3 Å². The summed E-state index contributed by atoms with van der Waals surface area (Å²) in [5.41, 5.74) is 2.74. The minimum absolute atomic E-state index is 0.00141. The van der Waals surface area contributed by atoms with Crippen molar-refractivity contribution in [1.82, 2.24) is 9.80 Å². The third-order valence-corrected chi connectivity index (χ3v) is 7.28. The van der Waals surface area contributed by atoms with Crippen LogP contribution in [0.25, 0.3) is 0 Å². The minimum atomic E-state index is -0.188. The number of carbonyl (C=O) groups is 2. The van der Waals surface area contributed by atoms with Crippen molar-refractivity contribution >= 4 is 34.8 Å². The Morgan fingerprint density at radius 1 is 1.03 bits per heavy atom. The van der Waals surface area contributed by atoms with E-state index in [-0.39, 0.29) is 24.5 Å². The van der Waals surface area contributed by atoms with E-state index in [1.807, 2.05) is 40.6 Å². The number of aryl methyl sites for hydroxylation is 1. The van der Waals surface area contributed by atoms with E-state index in [0.29, 0.717) is 36.8 Å². The van der Waals surface area contributed by atoms with Crippen LogP contribution in [-0.2, 0) is 22.6 Å². The Kier molecular flexibility index (Phi) is 8.38. The lowest BCUT2D eigenvalue weighted by atomic mass is 10.1. The number of thiophene rings is 1. The molecule has 2 amide bonds.